The van der Waals surface area contributed by atoms with Crippen LogP contribution < -0.4 is 16.2 Å². The Morgan fingerprint density at radius 3 is 2.74 bits per heavy atom. The van der Waals surface area contributed by atoms with E-state index in [4.69, 9.17) is 0 Å². The van der Waals surface area contributed by atoms with Crippen molar-refractivity contribution in [2.24, 2.45) is 0 Å². The summed E-state index contributed by atoms with van der Waals surface area (Å²) in [6, 6.07) is 6.94. The molecule has 2 heterocycles. The first kappa shape index (κ1) is 19.5. The number of fused-ring (bicyclic) bond motifs is 1. The van der Waals surface area contributed by atoms with Gasteiger partial charge in [-0.2, -0.15) is 0 Å². The first-order valence-corrected chi connectivity index (χ1v) is 10.5. The van der Waals surface area contributed by atoms with Crippen molar-refractivity contribution in [2.45, 2.75) is 36.9 Å². The Bertz CT molecular complexity index is 943. The second-order valence-corrected chi connectivity index (χ2v) is 7.96. The van der Waals surface area contributed by atoms with Crippen LogP contribution in [0.5, 0.6) is 0 Å². The van der Waals surface area contributed by atoms with Gasteiger partial charge in [-0.3, -0.25) is 19.0 Å². The number of benzene rings is 1. The highest BCUT2D eigenvalue weighted by Gasteiger charge is 2.21. The molecule has 0 aliphatic carbocycles. The lowest BCUT2D eigenvalue weighted by Gasteiger charge is -2.12. The third kappa shape index (κ3) is 4.72. The maximum atomic E-state index is 12.5. The van der Waals surface area contributed by atoms with Gasteiger partial charge in [0.1, 0.15) is 0 Å². The van der Waals surface area contributed by atoms with E-state index >= 15 is 0 Å². The van der Waals surface area contributed by atoms with E-state index in [0.29, 0.717) is 23.1 Å². The Morgan fingerprint density at radius 2 is 2.04 bits per heavy atom. The highest BCUT2D eigenvalue weighted by molar-refractivity contribution is 8.00. The molecule has 0 saturated carbocycles. The van der Waals surface area contributed by atoms with Crippen molar-refractivity contribution in [3.05, 3.63) is 40.3 Å². The maximum Gasteiger partial charge on any atom is 0.268 e. The van der Waals surface area contributed by atoms with Crippen molar-refractivity contribution in [3.8, 4) is 0 Å². The lowest BCUT2D eigenvalue weighted by atomic mass is 10.2. The molecule has 142 valence electrons. The summed E-state index contributed by atoms with van der Waals surface area (Å²) < 4.78 is 1.62. The average molecular weight is 405 g/mol. The van der Waals surface area contributed by atoms with Gasteiger partial charge < -0.3 is 10.6 Å². The van der Waals surface area contributed by atoms with Crippen molar-refractivity contribution in [1.29, 1.82) is 0 Å². The number of hydrogen-bond acceptors (Lipinski definition) is 6. The number of carbonyl (C=O) groups is 2. The molecule has 1 aliphatic rings. The zero-order valence-electron chi connectivity index (χ0n) is 15.1. The minimum absolute atomic E-state index is 0.0177. The van der Waals surface area contributed by atoms with E-state index in [1.165, 1.54) is 18.7 Å². The Morgan fingerprint density at radius 1 is 1.30 bits per heavy atom. The molecule has 0 spiro atoms. The number of thioether (sulfide) groups is 2. The van der Waals surface area contributed by atoms with Gasteiger partial charge >= 0.3 is 0 Å². The molecule has 0 atom stereocenters. The highest BCUT2D eigenvalue weighted by Crippen LogP contribution is 2.28. The van der Waals surface area contributed by atoms with Gasteiger partial charge in [0, 0.05) is 37.0 Å². The van der Waals surface area contributed by atoms with Crippen LogP contribution in [0.25, 0.3) is 0 Å². The van der Waals surface area contributed by atoms with Crippen LogP contribution in [0.4, 0.5) is 11.4 Å². The lowest BCUT2D eigenvalue weighted by Crippen LogP contribution is -2.25. The molecule has 2 N–H and O–H groups in total. The van der Waals surface area contributed by atoms with E-state index in [1.54, 1.807) is 40.6 Å². The number of aromatic nitrogens is 2. The largest absolute Gasteiger partial charge is 0.326 e. The van der Waals surface area contributed by atoms with Crippen LogP contribution in [-0.4, -0.2) is 32.9 Å². The summed E-state index contributed by atoms with van der Waals surface area (Å²) in [6.45, 7) is 3.84. The molecule has 1 aromatic carbocycles. The summed E-state index contributed by atoms with van der Waals surface area (Å²) in [5.41, 5.74) is 2.03. The Kier molecular flexibility index (Phi) is 6.22. The number of rotatable bonds is 6. The molecule has 1 aromatic heterocycles. The predicted octanol–water partition coefficient (Wildman–Crippen LogP) is 2.60. The smallest absolute Gasteiger partial charge is 0.268 e. The molecule has 27 heavy (non-hydrogen) atoms. The number of carbonyl (C=O) groups excluding carboxylic acids is 2. The quantitative estimate of drug-likeness (QED) is 0.568. The molecule has 1 aliphatic heterocycles. The lowest BCUT2D eigenvalue weighted by molar-refractivity contribution is -0.114. The number of nitrogens with one attached hydrogen (secondary N) is 2. The summed E-state index contributed by atoms with van der Waals surface area (Å²) >= 11 is 2.80. The first-order chi connectivity index (χ1) is 13.0. The van der Waals surface area contributed by atoms with Crippen molar-refractivity contribution in [1.82, 2.24) is 9.55 Å². The monoisotopic (exact) mass is 404 g/mol. The zero-order chi connectivity index (χ0) is 19.4. The second kappa shape index (κ2) is 8.62. The zero-order valence-corrected chi connectivity index (χ0v) is 16.7. The summed E-state index contributed by atoms with van der Waals surface area (Å²) in [7, 11) is 0. The van der Waals surface area contributed by atoms with E-state index in [1.807, 2.05) is 6.92 Å². The number of amides is 2. The highest BCUT2D eigenvalue weighted by atomic mass is 32.2. The van der Waals surface area contributed by atoms with Crippen molar-refractivity contribution in [2.75, 3.05) is 22.1 Å². The van der Waals surface area contributed by atoms with E-state index in [-0.39, 0.29) is 23.1 Å². The summed E-state index contributed by atoms with van der Waals surface area (Å²) in [4.78, 5) is 41.3. The molecule has 0 bridgehead atoms. The van der Waals surface area contributed by atoms with Crippen molar-refractivity contribution >= 4 is 46.7 Å². The van der Waals surface area contributed by atoms with Crippen LogP contribution in [0, 0.1) is 0 Å². The van der Waals surface area contributed by atoms with E-state index in [2.05, 4.69) is 15.6 Å². The van der Waals surface area contributed by atoms with Gasteiger partial charge in [-0.15, -0.1) is 11.8 Å². The first-order valence-electron chi connectivity index (χ1n) is 8.54. The van der Waals surface area contributed by atoms with Crippen LogP contribution >= 0.6 is 23.5 Å². The summed E-state index contributed by atoms with van der Waals surface area (Å²) in [5, 5.41) is 6.05. The van der Waals surface area contributed by atoms with E-state index in [0.717, 1.165) is 22.8 Å². The fourth-order valence-electron chi connectivity index (χ4n) is 2.72. The minimum Gasteiger partial charge on any atom is -0.326 e. The third-order valence-corrected chi connectivity index (χ3v) is 5.95. The third-order valence-electron chi connectivity index (χ3n) is 3.86. The standard InChI is InChI=1S/C18H20N4O3S2/c1-3-22-17(25)16-14(7-8-26-16)21-18(22)27-10-15(24)20-13-6-4-5-12(9-13)19-11(2)23/h4-6,9H,3,7-8,10H2,1-2H3,(H,19,23)(H,20,24). The number of anilines is 2. The molecule has 7 nitrogen and oxygen atoms in total. The maximum absolute atomic E-state index is 12.5. The molecule has 0 fully saturated rings. The van der Waals surface area contributed by atoms with Crippen LogP contribution in [0.2, 0.25) is 0 Å². The van der Waals surface area contributed by atoms with E-state index < -0.39 is 0 Å². The summed E-state index contributed by atoms with van der Waals surface area (Å²) in [5.74, 6) is 0.641. The van der Waals surface area contributed by atoms with Crippen molar-refractivity contribution < 1.29 is 9.59 Å². The average Bonchev–Trinajstić information content (AvgIpc) is 3.08. The van der Waals surface area contributed by atoms with Crippen LogP contribution in [0.1, 0.15) is 19.5 Å². The fourth-order valence-corrected chi connectivity index (χ4v) is 4.64. The fraction of sp³-hybridized carbons (Fsp3) is 0.333. The number of aryl methyl sites for hydroxylation is 1. The van der Waals surface area contributed by atoms with Gasteiger partial charge in [-0.25, -0.2) is 4.98 Å². The van der Waals surface area contributed by atoms with Crippen molar-refractivity contribution in [3.63, 3.8) is 0 Å². The molecule has 2 aromatic rings. The van der Waals surface area contributed by atoms with Gasteiger partial charge in [0.05, 0.1) is 16.3 Å². The topological polar surface area (TPSA) is 93.1 Å². The summed E-state index contributed by atoms with van der Waals surface area (Å²) in [6.07, 6.45) is 0.787. The molecule has 0 unspecified atom stereocenters. The molecule has 3 rings (SSSR count). The van der Waals surface area contributed by atoms with Gasteiger partial charge in [-0.1, -0.05) is 17.8 Å². The Hall–Kier alpha value is -2.26. The Balaban J connectivity index is 1.67. The molecular weight excluding hydrogens is 384 g/mol. The van der Waals surface area contributed by atoms with Gasteiger partial charge in [0.25, 0.3) is 5.56 Å². The molecule has 0 saturated heterocycles. The van der Waals surface area contributed by atoms with Gasteiger partial charge in [0.2, 0.25) is 11.8 Å². The molecule has 0 radical (unpaired) electrons. The minimum atomic E-state index is -0.202. The second-order valence-electron chi connectivity index (χ2n) is 5.92. The SMILES string of the molecule is CCn1c(SCC(=O)Nc2cccc(NC(C)=O)c2)nc2c(c1=O)SCC2. The number of nitrogens with zero attached hydrogens (tertiary/aromatic N) is 2. The van der Waals surface area contributed by atoms with Crippen LogP contribution in [0.15, 0.2) is 39.1 Å². The van der Waals surface area contributed by atoms with Crippen LogP contribution in [-0.2, 0) is 22.6 Å². The Labute approximate surface area is 165 Å². The van der Waals surface area contributed by atoms with Gasteiger partial charge in [-0.05, 0) is 25.1 Å². The molecular formula is C18H20N4O3S2. The molecule has 9 heteroatoms. The van der Waals surface area contributed by atoms with Crippen LogP contribution in [0.3, 0.4) is 0 Å². The predicted molar refractivity (Wildman–Crippen MR) is 109 cm³/mol. The van der Waals surface area contributed by atoms with E-state index in [9.17, 15) is 14.4 Å². The van der Waals surface area contributed by atoms with Gasteiger partial charge in [0.15, 0.2) is 5.16 Å². The normalized spacial score (nSPS) is 12.5. The number of hydrogen-bond donors (Lipinski definition) is 2. The molecule has 2 amide bonds.